The van der Waals surface area contributed by atoms with Crippen LogP contribution in [0.2, 0.25) is 0 Å². The van der Waals surface area contributed by atoms with E-state index in [9.17, 15) is 0 Å². The molecular formula is C21H26N4OS. The van der Waals surface area contributed by atoms with E-state index in [0.29, 0.717) is 6.04 Å². The normalized spacial score (nSPS) is 18.1. The highest BCUT2D eigenvalue weighted by Gasteiger charge is 2.26. The van der Waals surface area contributed by atoms with Crippen molar-refractivity contribution in [1.29, 1.82) is 0 Å². The Morgan fingerprint density at radius 2 is 2.15 bits per heavy atom. The van der Waals surface area contributed by atoms with Crippen LogP contribution in [0.4, 0.5) is 5.82 Å². The zero-order valence-electron chi connectivity index (χ0n) is 16.0. The summed E-state index contributed by atoms with van der Waals surface area (Å²) in [6, 6.07) is 9.13. The summed E-state index contributed by atoms with van der Waals surface area (Å²) in [5, 5.41) is 3.75. The third kappa shape index (κ3) is 3.92. The van der Waals surface area contributed by atoms with Gasteiger partial charge in [0.1, 0.15) is 6.33 Å². The molecule has 4 rings (SSSR count). The lowest BCUT2D eigenvalue weighted by Gasteiger charge is -2.40. The van der Waals surface area contributed by atoms with E-state index in [4.69, 9.17) is 4.74 Å². The highest BCUT2D eigenvalue weighted by atomic mass is 32.1. The van der Waals surface area contributed by atoms with Gasteiger partial charge in [0, 0.05) is 30.4 Å². The number of hydrogen-bond donors (Lipinski definition) is 0. The summed E-state index contributed by atoms with van der Waals surface area (Å²) >= 11 is 1.86. The summed E-state index contributed by atoms with van der Waals surface area (Å²) in [4.78, 5) is 13.4. The average Bonchev–Trinajstić information content (AvgIpc) is 3.11. The fourth-order valence-electron chi connectivity index (χ4n) is 3.94. The summed E-state index contributed by atoms with van der Waals surface area (Å²) in [5.41, 5.74) is 1.49. The van der Waals surface area contributed by atoms with E-state index in [2.05, 4.69) is 56.3 Å². The number of nitrogens with zero attached hydrogens (tertiary/aromatic N) is 4. The predicted molar refractivity (Wildman–Crippen MR) is 112 cm³/mol. The zero-order chi connectivity index (χ0) is 18.6. The van der Waals surface area contributed by atoms with Crippen molar-refractivity contribution in [3.63, 3.8) is 0 Å². The van der Waals surface area contributed by atoms with Crippen LogP contribution in [0.25, 0.3) is 10.1 Å². The predicted octanol–water partition coefficient (Wildman–Crippen LogP) is 3.84. The minimum atomic E-state index is 0.407. The molecule has 0 amide bonds. The Labute approximate surface area is 164 Å². The summed E-state index contributed by atoms with van der Waals surface area (Å²) < 4.78 is 6.83. The van der Waals surface area contributed by atoms with Crippen LogP contribution in [-0.4, -0.2) is 54.2 Å². The van der Waals surface area contributed by atoms with Crippen LogP contribution in [0.5, 0.6) is 5.75 Å². The van der Waals surface area contributed by atoms with Crippen molar-refractivity contribution in [1.82, 2.24) is 14.9 Å². The van der Waals surface area contributed by atoms with Gasteiger partial charge in [0.25, 0.3) is 0 Å². The number of aryl methyl sites for hydroxylation is 1. The molecule has 1 unspecified atom stereocenters. The largest absolute Gasteiger partial charge is 0.491 e. The van der Waals surface area contributed by atoms with Crippen molar-refractivity contribution in [3.8, 4) is 5.75 Å². The van der Waals surface area contributed by atoms with Crippen molar-refractivity contribution in [2.75, 3.05) is 38.2 Å². The molecule has 1 aliphatic heterocycles. The molecule has 3 aromatic rings. The van der Waals surface area contributed by atoms with Gasteiger partial charge in [-0.3, -0.25) is 4.90 Å². The number of ether oxygens (including phenoxy) is 1. The lowest BCUT2D eigenvalue weighted by Crippen LogP contribution is -2.52. The summed E-state index contributed by atoms with van der Waals surface area (Å²) in [6.45, 7) is 6.48. The van der Waals surface area contributed by atoms with Crippen LogP contribution < -0.4 is 9.64 Å². The number of methoxy groups -OCH3 is 1. The Morgan fingerprint density at radius 1 is 1.26 bits per heavy atom. The first-order chi connectivity index (χ1) is 13.3. The molecule has 5 nitrogen and oxygen atoms in total. The molecule has 1 atom stereocenters. The number of thiophene rings is 1. The summed E-state index contributed by atoms with van der Waals surface area (Å²) in [5.74, 6) is 1.66. The molecule has 2 aromatic heterocycles. The standard InChI is InChI=1S/C21H26N4OS/c1-16-13-24(10-11-25(16)21-19(26-2)12-22-15-23-21)9-5-6-17-14-27-20-8-4-3-7-18(17)20/h3-4,7-8,12,14-16H,5-6,9-11,13H2,1-2H3. The quantitative estimate of drug-likeness (QED) is 0.648. The first kappa shape index (κ1) is 18.2. The van der Waals surface area contributed by atoms with E-state index < -0.39 is 0 Å². The molecule has 27 heavy (non-hydrogen) atoms. The van der Waals surface area contributed by atoms with Crippen LogP contribution in [0, 0.1) is 0 Å². The van der Waals surface area contributed by atoms with Gasteiger partial charge in [-0.1, -0.05) is 18.2 Å². The Kier molecular flexibility index (Phi) is 5.55. The number of anilines is 1. The van der Waals surface area contributed by atoms with Gasteiger partial charge < -0.3 is 9.64 Å². The van der Waals surface area contributed by atoms with Gasteiger partial charge in [0.2, 0.25) is 0 Å². The van der Waals surface area contributed by atoms with Crippen LogP contribution >= 0.6 is 11.3 Å². The van der Waals surface area contributed by atoms with Gasteiger partial charge in [-0.25, -0.2) is 9.97 Å². The van der Waals surface area contributed by atoms with Crippen LogP contribution in [0.3, 0.4) is 0 Å². The molecular weight excluding hydrogens is 356 g/mol. The van der Waals surface area contributed by atoms with Gasteiger partial charge >= 0.3 is 0 Å². The second kappa shape index (κ2) is 8.23. The molecule has 1 saturated heterocycles. The van der Waals surface area contributed by atoms with Crippen LogP contribution in [0.15, 0.2) is 42.2 Å². The highest BCUT2D eigenvalue weighted by Crippen LogP contribution is 2.28. The van der Waals surface area contributed by atoms with Gasteiger partial charge in [0.05, 0.1) is 13.3 Å². The molecule has 1 aliphatic rings. The molecule has 6 heteroatoms. The Bertz CT molecular complexity index is 897. The van der Waals surface area contributed by atoms with Gasteiger partial charge in [-0.2, -0.15) is 0 Å². The van der Waals surface area contributed by atoms with Crippen molar-refractivity contribution < 1.29 is 4.74 Å². The second-order valence-electron chi connectivity index (χ2n) is 7.12. The smallest absolute Gasteiger partial charge is 0.179 e. The Balaban J connectivity index is 1.32. The van der Waals surface area contributed by atoms with Crippen molar-refractivity contribution >= 4 is 27.2 Å². The minimum absolute atomic E-state index is 0.407. The van der Waals surface area contributed by atoms with Gasteiger partial charge in [-0.05, 0) is 48.7 Å². The second-order valence-corrected chi connectivity index (χ2v) is 8.03. The first-order valence-electron chi connectivity index (χ1n) is 9.54. The third-order valence-corrected chi connectivity index (χ3v) is 6.36. The van der Waals surface area contributed by atoms with E-state index in [1.165, 1.54) is 22.1 Å². The van der Waals surface area contributed by atoms with Crippen LogP contribution in [0.1, 0.15) is 18.9 Å². The summed E-state index contributed by atoms with van der Waals surface area (Å²) in [7, 11) is 1.68. The number of fused-ring (bicyclic) bond motifs is 1. The zero-order valence-corrected chi connectivity index (χ0v) is 16.8. The molecule has 0 radical (unpaired) electrons. The Hall–Kier alpha value is -2.18. The maximum Gasteiger partial charge on any atom is 0.179 e. The molecule has 1 fully saturated rings. The molecule has 0 bridgehead atoms. The summed E-state index contributed by atoms with van der Waals surface area (Å²) in [6.07, 6.45) is 5.69. The number of rotatable bonds is 6. The van der Waals surface area contributed by atoms with E-state index in [-0.39, 0.29) is 0 Å². The monoisotopic (exact) mass is 382 g/mol. The van der Waals surface area contributed by atoms with Gasteiger partial charge in [0.15, 0.2) is 11.6 Å². The molecule has 3 heterocycles. The van der Waals surface area contributed by atoms with Crippen molar-refractivity contribution in [2.45, 2.75) is 25.8 Å². The topological polar surface area (TPSA) is 41.5 Å². The number of piperazine rings is 1. The molecule has 0 saturated carbocycles. The maximum absolute atomic E-state index is 5.44. The van der Waals surface area contributed by atoms with Crippen LogP contribution in [-0.2, 0) is 6.42 Å². The third-order valence-electron chi connectivity index (χ3n) is 5.34. The first-order valence-corrected chi connectivity index (χ1v) is 10.4. The molecule has 0 N–H and O–H groups in total. The van der Waals surface area contributed by atoms with E-state index in [1.807, 2.05) is 11.3 Å². The van der Waals surface area contributed by atoms with Crippen molar-refractivity contribution in [3.05, 3.63) is 47.7 Å². The number of benzene rings is 1. The molecule has 0 spiro atoms. The SMILES string of the molecule is COc1cncnc1N1CCN(CCCc2csc3ccccc23)CC1C. The highest BCUT2D eigenvalue weighted by molar-refractivity contribution is 7.17. The average molecular weight is 383 g/mol. The molecule has 1 aromatic carbocycles. The van der Waals surface area contributed by atoms with E-state index in [1.54, 1.807) is 19.6 Å². The number of aromatic nitrogens is 2. The van der Waals surface area contributed by atoms with Gasteiger partial charge in [-0.15, -0.1) is 11.3 Å². The lowest BCUT2D eigenvalue weighted by molar-refractivity contribution is 0.225. The fourth-order valence-corrected chi connectivity index (χ4v) is 4.94. The Morgan fingerprint density at radius 3 is 3.00 bits per heavy atom. The maximum atomic E-state index is 5.44. The van der Waals surface area contributed by atoms with Crippen molar-refractivity contribution in [2.24, 2.45) is 0 Å². The van der Waals surface area contributed by atoms with E-state index in [0.717, 1.165) is 44.2 Å². The minimum Gasteiger partial charge on any atom is -0.491 e. The fraction of sp³-hybridized carbons (Fsp3) is 0.429. The lowest BCUT2D eigenvalue weighted by atomic mass is 10.1. The van der Waals surface area contributed by atoms with E-state index >= 15 is 0 Å². The molecule has 142 valence electrons. The number of hydrogen-bond acceptors (Lipinski definition) is 6. The molecule has 0 aliphatic carbocycles.